The van der Waals surface area contributed by atoms with Crippen molar-refractivity contribution in [3.63, 3.8) is 0 Å². The molecule has 4 aliphatic rings. The molecule has 9 N–H and O–H groups in total. The molecule has 1 atom stereocenters. The summed E-state index contributed by atoms with van der Waals surface area (Å²) in [5.74, 6) is 5.65. The quantitative estimate of drug-likeness (QED) is 0.0518. The minimum Gasteiger partial charge on any atom is -0.382 e. The number of aromatic amines is 3. The lowest BCUT2D eigenvalue weighted by Gasteiger charge is -2.34. The fourth-order valence-corrected chi connectivity index (χ4v) is 16.5. The van der Waals surface area contributed by atoms with Crippen molar-refractivity contribution in [2.75, 3.05) is 62.2 Å². The van der Waals surface area contributed by atoms with Gasteiger partial charge in [-0.15, -0.1) is 11.8 Å². The highest BCUT2D eigenvalue weighted by Crippen LogP contribution is 2.40. The van der Waals surface area contributed by atoms with Crippen molar-refractivity contribution >= 4 is 107 Å². The number of hydrogen-bond donors (Lipinski definition) is 6. The Morgan fingerprint density at radius 1 is 0.481 bits per heavy atom. The molecule has 3 amide bonds. The number of amides is 3. The van der Waals surface area contributed by atoms with Crippen molar-refractivity contribution in [1.29, 1.82) is 0 Å². The van der Waals surface area contributed by atoms with Gasteiger partial charge in [-0.25, -0.2) is 29.9 Å². The first-order valence-corrected chi connectivity index (χ1v) is 37.1. The monoisotopic (exact) mass is 1420 g/mol. The Bertz CT molecular complexity index is 5780. The molecule has 1 aliphatic carbocycles. The number of pyridine rings is 2. The molecular weight excluding hydrogens is 1350 g/mol. The molecule has 14 heterocycles. The number of benzene rings is 4. The largest absolute Gasteiger partial charge is 0.382 e. The fourth-order valence-electron chi connectivity index (χ4n) is 15.7. The number of likely N-dealkylation sites (tertiary alicyclic amines) is 3. The van der Waals surface area contributed by atoms with E-state index in [1.165, 1.54) is 0 Å². The minimum atomic E-state index is -0.114. The van der Waals surface area contributed by atoms with Crippen LogP contribution >= 0.6 is 11.8 Å². The summed E-state index contributed by atoms with van der Waals surface area (Å²) in [5.41, 5.74) is 31.5. The fraction of sp³-hybridized carbons (Fsp3) is 0.232. The molecule has 106 heavy (non-hydrogen) atoms. The summed E-state index contributed by atoms with van der Waals surface area (Å²) in [6.45, 7) is 6.25. The number of allylic oxidation sites excluding steroid dienone is 2. The van der Waals surface area contributed by atoms with Gasteiger partial charge in [-0.1, -0.05) is 103 Å². The molecule has 3 aliphatic heterocycles. The van der Waals surface area contributed by atoms with Gasteiger partial charge in [-0.2, -0.15) is 0 Å². The van der Waals surface area contributed by atoms with Gasteiger partial charge < -0.3 is 46.9 Å². The van der Waals surface area contributed by atoms with Crippen LogP contribution in [0.1, 0.15) is 97.6 Å². The number of carbonyl (C=O) groups excluding carboxylic acids is 3. The molecule has 23 nitrogen and oxygen atoms in total. The number of nitrogen functional groups attached to an aromatic ring is 3. The maximum Gasteiger partial charge on any atom is 0.273 e. The van der Waals surface area contributed by atoms with E-state index in [0.717, 1.165) is 193 Å². The Balaban J connectivity index is 0.000000117. The number of anilines is 3. The molecule has 15 aromatic rings. The lowest BCUT2D eigenvalue weighted by Crippen LogP contribution is -2.41. The van der Waals surface area contributed by atoms with Crippen molar-refractivity contribution in [3.8, 4) is 34.2 Å². The third kappa shape index (κ3) is 12.9. The number of carbonyl (C=O) groups is 3. The van der Waals surface area contributed by atoms with Crippen molar-refractivity contribution in [3.05, 3.63) is 236 Å². The summed E-state index contributed by atoms with van der Waals surface area (Å²) in [4.78, 5) is 93.5. The van der Waals surface area contributed by atoms with E-state index in [1.54, 1.807) is 48.9 Å². The molecule has 0 bridgehead atoms. The molecule has 4 aromatic carbocycles. The third-order valence-corrected chi connectivity index (χ3v) is 22.3. The van der Waals surface area contributed by atoms with Crippen LogP contribution in [0.2, 0.25) is 0 Å². The number of para-hydroxylation sites is 3. The lowest BCUT2D eigenvalue weighted by molar-refractivity contribution is -0.134. The lowest BCUT2D eigenvalue weighted by atomic mass is 9.90. The standard InChI is InChI=1S/C29H25N7O.C27H28N6O.C26H25N7OS/c30-27-26-25(23-17-20-6-2-4-8-22(20)33-23)34-28(36(26)16-13-32-27)19-10-14-35(15-11-19)29(37)24-21-7-3-1-5-18(21)9-12-31-24;1-17-6-2-4-8-20(17)27(34)32-13-10-18(11-14-32)26-31-23(24-25(28)29-12-15-33(24)26)22-16-19-7-3-5-9-21(19)30-22;27-25-24-23(21-15-18-3-1-2-4-20(18)30-21)31-26(33(24)14-11-29-25)17-7-12-32(13-8-17)22(34)16-35-19-5-9-28-10-6-19/h1-9,12-13,16-17,19,33H,10-11,14-15H2,(H2,30,32);3-9,12,15-16,18,20,30H,2,10-11,13-14H2,1H3,(H2,28,29);1-6,9-11,14-15,17,30H,7-8,12-13,16H2,(H2,27,29). The van der Waals surface area contributed by atoms with Crippen LogP contribution in [0.4, 0.5) is 17.5 Å². The summed E-state index contributed by atoms with van der Waals surface area (Å²) in [7, 11) is 0. The Morgan fingerprint density at radius 3 is 1.36 bits per heavy atom. The molecule has 0 saturated carbocycles. The third-order valence-electron chi connectivity index (χ3n) is 21.3. The first-order chi connectivity index (χ1) is 51.9. The summed E-state index contributed by atoms with van der Waals surface area (Å²) < 4.78 is 6.23. The first-order valence-electron chi connectivity index (χ1n) is 36.1. The van der Waals surface area contributed by atoms with E-state index < -0.39 is 0 Å². The molecule has 19 rings (SSSR count). The van der Waals surface area contributed by atoms with Gasteiger partial charge in [0, 0.05) is 156 Å². The van der Waals surface area contributed by atoms with E-state index in [0.29, 0.717) is 42.0 Å². The van der Waals surface area contributed by atoms with Crippen LogP contribution in [0.3, 0.4) is 0 Å². The zero-order chi connectivity index (χ0) is 71.9. The molecule has 24 heteroatoms. The number of aromatic nitrogens is 14. The number of nitrogens with zero attached hydrogens (tertiary/aromatic N) is 14. The normalized spacial score (nSPS) is 16.1. The van der Waals surface area contributed by atoms with Crippen LogP contribution in [0.25, 0.3) is 94.2 Å². The predicted octanol–water partition coefficient (Wildman–Crippen LogP) is 14.1. The van der Waals surface area contributed by atoms with E-state index in [2.05, 4.69) is 127 Å². The highest BCUT2D eigenvalue weighted by Gasteiger charge is 2.35. The average Bonchev–Trinajstić information content (AvgIpc) is 1.61. The number of piperidine rings is 3. The Kier molecular flexibility index (Phi) is 18.1. The number of rotatable bonds is 11. The average molecular weight is 1420 g/mol. The molecular formula is C82H78N20O3S. The molecule has 3 fully saturated rings. The summed E-state index contributed by atoms with van der Waals surface area (Å²) in [6, 6.07) is 44.5. The van der Waals surface area contributed by atoms with E-state index in [4.69, 9.17) is 32.2 Å². The maximum absolute atomic E-state index is 13.4. The second-order valence-corrected chi connectivity index (χ2v) is 28.7. The van der Waals surface area contributed by atoms with Gasteiger partial charge in [-0.05, 0) is 112 Å². The number of imidazole rings is 3. The molecule has 0 radical (unpaired) electrons. The van der Waals surface area contributed by atoms with Gasteiger partial charge in [0.1, 0.15) is 74.3 Å². The van der Waals surface area contributed by atoms with Crippen molar-refractivity contribution in [2.24, 2.45) is 5.92 Å². The number of fused-ring (bicyclic) bond motifs is 7. The van der Waals surface area contributed by atoms with E-state index in [-0.39, 0.29) is 41.4 Å². The number of H-pyrrole nitrogens is 3. The van der Waals surface area contributed by atoms with Crippen molar-refractivity contribution in [2.45, 2.75) is 74.5 Å². The van der Waals surface area contributed by atoms with Gasteiger partial charge in [0.2, 0.25) is 11.8 Å². The van der Waals surface area contributed by atoms with Gasteiger partial charge in [0.25, 0.3) is 5.91 Å². The maximum atomic E-state index is 13.4. The Hall–Kier alpha value is -12.4. The number of hydrogen-bond acceptors (Lipinski definition) is 15. The minimum absolute atomic E-state index is 0.0181. The molecule has 1 unspecified atom stereocenters. The topological polar surface area (TPSA) is 303 Å². The number of nitrogens with one attached hydrogen (secondary N) is 3. The molecule has 11 aromatic heterocycles. The Labute approximate surface area is 613 Å². The number of thioether (sulfide) groups is 1. The highest BCUT2D eigenvalue weighted by atomic mass is 32.2. The second kappa shape index (κ2) is 28.7. The summed E-state index contributed by atoms with van der Waals surface area (Å²) >= 11 is 1.55. The van der Waals surface area contributed by atoms with E-state index >= 15 is 0 Å². The molecule has 530 valence electrons. The second-order valence-electron chi connectivity index (χ2n) is 27.6. The van der Waals surface area contributed by atoms with Crippen molar-refractivity contribution in [1.82, 2.24) is 82.7 Å². The van der Waals surface area contributed by atoms with E-state index in [1.807, 2.05) is 118 Å². The highest BCUT2D eigenvalue weighted by molar-refractivity contribution is 8.00. The summed E-state index contributed by atoms with van der Waals surface area (Å²) in [5, 5.41) is 5.30. The SMILES string of the molecule is CC1=CCC=CC1C(=O)N1CCC(c2nc(-c3cc4ccccc4[nH]3)c3c(N)nccn23)CC1.Nc1nccn2c(C3CCN(C(=O)CSc4ccncc4)CC3)nc(-c3cc4ccccc4[nH]3)c12.Nc1nccn2c(C3CCN(C(=O)c4nccc5ccccc45)CC3)nc(-c3cc4ccccc4[nH]3)c12. The van der Waals surface area contributed by atoms with Gasteiger partial charge in [-0.3, -0.25) is 37.6 Å². The molecule has 0 spiro atoms. The summed E-state index contributed by atoms with van der Waals surface area (Å²) in [6.07, 6.45) is 28.5. The Morgan fingerprint density at radius 2 is 0.906 bits per heavy atom. The van der Waals surface area contributed by atoms with Crippen LogP contribution in [-0.2, 0) is 9.59 Å². The van der Waals surface area contributed by atoms with Crippen LogP contribution in [0.15, 0.2) is 218 Å². The van der Waals surface area contributed by atoms with Gasteiger partial charge in [0.15, 0.2) is 0 Å². The zero-order valence-electron chi connectivity index (χ0n) is 58.5. The van der Waals surface area contributed by atoms with Crippen LogP contribution in [0.5, 0.6) is 0 Å². The number of nitrogens with two attached hydrogens (primary N) is 3. The van der Waals surface area contributed by atoms with Crippen LogP contribution < -0.4 is 17.2 Å². The first kappa shape index (κ1) is 66.8. The van der Waals surface area contributed by atoms with Gasteiger partial charge in [0.05, 0.1) is 28.8 Å². The van der Waals surface area contributed by atoms with Crippen LogP contribution in [0, 0.1) is 5.92 Å². The van der Waals surface area contributed by atoms with Crippen molar-refractivity contribution < 1.29 is 14.4 Å². The van der Waals surface area contributed by atoms with E-state index in [9.17, 15) is 14.4 Å². The van der Waals surface area contributed by atoms with Crippen LogP contribution in [-0.4, -0.2) is 145 Å². The van der Waals surface area contributed by atoms with Gasteiger partial charge >= 0.3 is 0 Å². The molecule has 3 saturated heterocycles. The zero-order valence-corrected chi connectivity index (χ0v) is 59.3. The predicted molar refractivity (Wildman–Crippen MR) is 417 cm³/mol. The smallest absolute Gasteiger partial charge is 0.273 e.